The van der Waals surface area contributed by atoms with Crippen molar-refractivity contribution in [2.45, 2.75) is 38.3 Å². The first-order valence-electron chi connectivity index (χ1n) is 10.5. The summed E-state index contributed by atoms with van der Waals surface area (Å²) < 4.78 is 10.8. The van der Waals surface area contributed by atoms with Crippen molar-refractivity contribution in [2.75, 3.05) is 27.3 Å². The standard InChI is InChI=1S/C24H28N2O4/c1-29-21-11-10-17(14-22(21)30-2)20(15-23(27)25-12-6-3-7-13-25)26-16-18-8-4-5-9-19(18)24(26)28/h4-5,8-11,14,20H,3,6-7,12-13,15-16H2,1-2H3/t20-/m0/s1. The van der Waals surface area contributed by atoms with E-state index in [1.54, 1.807) is 14.2 Å². The summed E-state index contributed by atoms with van der Waals surface area (Å²) in [6.45, 7) is 2.10. The first kappa shape index (κ1) is 20.3. The Labute approximate surface area is 177 Å². The molecule has 6 heteroatoms. The van der Waals surface area contributed by atoms with Crippen LogP contribution in [-0.2, 0) is 11.3 Å². The molecule has 2 aliphatic rings. The van der Waals surface area contributed by atoms with Gasteiger partial charge in [0.15, 0.2) is 11.5 Å². The first-order valence-corrected chi connectivity index (χ1v) is 10.5. The molecule has 0 bridgehead atoms. The van der Waals surface area contributed by atoms with Gasteiger partial charge in [-0.1, -0.05) is 24.3 Å². The minimum Gasteiger partial charge on any atom is -0.493 e. The Morgan fingerprint density at radius 3 is 2.43 bits per heavy atom. The number of nitrogens with zero attached hydrogens (tertiary/aromatic N) is 2. The van der Waals surface area contributed by atoms with Crippen molar-refractivity contribution in [3.05, 3.63) is 59.2 Å². The third kappa shape index (κ3) is 3.86. The molecule has 6 nitrogen and oxygen atoms in total. The van der Waals surface area contributed by atoms with Crippen molar-refractivity contribution in [2.24, 2.45) is 0 Å². The molecule has 0 aromatic heterocycles. The molecule has 0 aliphatic carbocycles. The summed E-state index contributed by atoms with van der Waals surface area (Å²) in [5, 5.41) is 0. The predicted octanol–water partition coefficient (Wildman–Crippen LogP) is 3.80. The highest BCUT2D eigenvalue weighted by atomic mass is 16.5. The lowest BCUT2D eigenvalue weighted by molar-refractivity contribution is -0.133. The smallest absolute Gasteiger partial charge is 0.255 e. The first-order chi connectivity index (χ1) is 14.6. The van der Waals surface area contributed by atoms with Crippen LogP contribution in [0.25, 0.3) is 0 Å². The molecule has 0 radical (unpaired) electrons. The third-order valence-electron chi connectivity index (χ3n) is 6.09. The van der Waals surface area contributed by atoms with Gasteiger partial charge in [0, 0.05) is 25.2 Å². The van der Waals surface area contributed by atoms with Crippen molar-refractivity contribution >= 4 is 11.8 Å². The number of hydrogen-bond acceptors (Lipinski definition) is 4. The number of methoxy groups -OCH3 is 2. The number of hydrogen-bond donors (Lipinski definition) is 0. The Balaban J connectivity index is 1.67. The largest absolute Gasteiger partial charge is 0.493 e. The highest BCUT2D eigenvalue weighted by molar-refractivity contribution is 5.98. The number of amides is 2. The number of rotatable bonds is 6. The fourth-order valence-electron chi connectivity index (χ4n) is 4.43. The molecule has 2 heterocycles. The van der Waals surface area contributed by atoms with Crippen LogP contribution in [0.3, 0.4) is 0 Å². The molecule has 2 aromatic rings. The van der Waals surface area contributed by atoms with E-state index in [2.05, 4.69) is 0 Å². The normalized spacial score (nSPS) is 16.9. The maximum atomic E-state index is 13.2. The number of ether oxygens (including phenoxy) is 2. The summed E-state index contributed by atoms with van der Waals surface area (Å²) >= 11 is 0. The second kappa shape index (κ2) is 8.78. The molecule has 2 aromatic carbocycles. The van der Waals surface area contributed by atoms with Crippen LogP contribution >= 0.6 is 0 Å². The summed E-state index contributed by atoms with van der Waals surface area (Å²) in [5.74, 6) is 1.28. The van der Waals surface area contributed by atoms with E-state index in [-0.39, 0.29) is 24.3 Å². The molecule has 2 aliphatic heterocycles. The minimum atomic E-state index is -0.362. The van der Waals surface area contributed by atoms with Gasteiger partial charge in [-0.3, -0.25) is 9.59 Å². The summed E-state index contributed by atoms with van der Waals surface area (Å²) in [6, 6.07) is 12.9. The van der Waals surface area contributed by atoms with E-state index in [0.29, 0.717) is 23.6 Å². The van der Waals surface area contributed by atoms with Gasteiger partial charge < -0.3 is 19.3 Å². The molecule has 0 unspecified atom stereocenters. The van der Waals surface area contributed by atoms with E-state index >= 15 is 0 Å². The highest BCUT2D eigenvalue weighted by Crippen LogP contribution is 2.37. The molecule has 1 atom stereocenters. The molecule has 1 fully saturated rings. The van der Waals surface area contributed by atoms with E-state index in [0.717, 1.165) is 37.1 Å². The van der Waals surface area contributed by atoms with Crippen molar-refractivity contribution in [3.63, 3.8) is 0 Å². The molecule has 0 N–H and O–H groups in total. The second-order valence-corrected chi connectivity index (χ2v) is 7.87. The van der Waals surface area contributed by atoms with E-state index in [9.17, 15) is 9.59 Å². The van der Waals surface area contributed by atoms with Crippen LogP contribution in [0.1, 0.15) is 53.2 Å². The topological polar surface area (TPSA) is 59.1 Å². The zero-order chi connectivity index (χ0) is 21.1. The third-order valence-corrected chi connectivity index (χ3v) is 6.09. The van der Waals surface area contributed by atoms with Crippen molar-refractivity contribution in [3.8, 4) is 11.5 Å². The molecule has 158 valence electrons. The molecular weight excluding hydrogens is 380 g/mol. The van der Waals surface area contributed by atoms with E-state index in [1.165, 1.54) is 6.42 Å². The van der Waals surface area contributed by atoms with Crippen molar-refractivity contribution in [1.29, 1.82) is 0 Å². The number of fused-ring (bicyclic) bond motifs is 1. The number of carbonyl (C=O) groups excluding carboxylic acids is 2. The Bertz CT molecular complexity index is 937. The fourth-order valence-corrected chi connectivity index (χ4v) is 4.43. The zero-order valence-corrected chi connectivity index (χ0v) is 17.6. The highest BCUT2D eigenvalue weighted by Gasteiger charge is 2.35. The Kier molecular flexibility index (Phi) is 5.93. The van der Waals surface area contributed by atoms with Gasteiger partial charge in [-0.2, -0.15) is 0 Å². The van der Waals surface area contributed by atoms with Crippen LogP contribution in [0.15, 0.2) is 42.5 Å². The zero-order valence-electron chi connectivity index (χ0n) is 17.6. The van der Waals surface area contributed by atoms with Gasteiger partial charge >= 0.3 is 0 Å². The lowest BCUT2D eigenvalue weighted by Gasteiger charge is -2.32. The predicted molar refractivity (Wildman–Crippen MR) is 114 cm³/mol. The van der Waals surface area contributed by atoms with Gasteiger partial charge in [-0.25, -0.2) is 0 Å². The average molecular weight is 408 g/mol. The Morgan fingerprint density at radius 1 is 1.00 bits per heavy atom. The van der Waals surface area contributed by atoms with Gasteiger partial charge in [-0.05, 0) is 48.6 Å². The van der Waals surface area contributed by atoms with E-state index < -0.39 is 0 Å². The van der Waals surface area contributed by atoms with Crippen molar-refractivity contribution in [1.82, 2.24) is 9.80 Å². The summed E-state index contributed by atoms with van der Waals surface area (Å²) in [5.41, 5.74) is 2.59. The minimum absolute atomic E-state index is 0.0307. The molecular formula is C24H28N2O4. The van der Waals surface area contributed by atoms with Gasteiger partial charge in [0.2, 0.25) is 5.91 Å². The lowest BCUT2D eigenvalue weighted by atomic mass is 9.99. The second-order valence-electron chi connectivity index (χ2n) is 7.87. The van der Waals surface area contributed by atoms with Crippen LogP contribution in [0, 0.1) is 0 Å². The van der Waals surface area contributed by atoms with Gasteiger partial charge in [0.1, 0.15) is 0 Å². The monoisotopic (exact) mass is 408 g/mol. The average Bonchev–Trinajstić information content (AvgIpc) is 3.13. The number of benzene rings is 2. The molecule has 2 amide bonds. The van der Waals surface area contributed by atoms with Crippen LogP contribution in [0.5, 0.6) is 11.5 Å². The van der Waals surface area contributed by atoms with Crippen LogP contribution in [0.4, 0.5) is 0 Å². The Morgan fingerprint density at radius 2 is 1.73 bits per heavy atom. The van der Waals surface area contributed by atoms with E-state index in [1.807, 2.05) is 52.3 Å². The maximum Gasteiger partial charge on any atom is 0.255 e. The van der Waals surface area contributed by atoms with Gasteiger partial charge in [0.05, 0.1) is 26.7 Å². The lowest BCUT2D eigenvalue weighted by Crippen LogP contribution is -2.39. The van der Waals surface area contributed by atoms with Crippen molar-refractivity contribution < 1.29 is 19.1 Å². The number of likely N-dealkylation sites (tertiary alicyclic amines) is 1. The van der Waals surface area contributed by atoms with Crippen LogP contribution in [0.2, 0.25) is 0 Å². The molecule has 0 saturated carbocycles. The summed E-state index contributed by atoms with van der Waals surface area (Å²) in [4.78, 5) is 30.1. The van der Waals surface area contributed by atoms with Crippen LogP contribution < -0.4 is 9.47 Å². The molecule has 4 rings (SSSR count). The quantitative estimate of drug-likeness (QED) is 0.729. The molecule has 30 heavy (non-hydrogen) atoms. The summed E-state index contributed by atoms with van der Waals surface area (Å²) in [6.07, 6.45) is 3.51. The molecule has 1 saturated heterocycles. The SMILES string of the molecule is COc1ccc([C@H](CC(=O)N2CCCCC2)N2Cc3ccccc3C2=O)cc1OC. The maximum absolute atomic E-state index is 13.2. The van der Waals surface area contributed by atoms with Gasteiger partial charge in [-0.15, -0.1) is 0 Å². The van der Waals surface area contributed by atoms with Crippen LogP contribution in [-0.4, -0.2) is 48.9 Å². The summed E-state index contributed by atoms with van der Waals surface area (Å²) in [7, 11) is 3.18. The molecule has 0 spiro atoms. The Hall–Kier alpha value is -3.02. The van der Waals surface area contributed by atoms with Gasteiger partial charge in [0.25, 0.3) is 5.91 Å². The number of piperidine rings is 1. The number of carbonyl (C=O) groups is 2. The van der Waals surface area contributed by atoms with E-state index in [4.69, 9.17) is 9.47 Å². The fraction of sp³-hybridized carbons (Fsp3) is 0.417.